The molecule has 6 aromatic rings. The fourth-order valence-corrected chi connectivity index (χ4v) is 8.29. The van der Waals surface area contributed by atoms with Gasteiger partial charge in [-0.15, -0.1) is 11.3 Å². The van der Waals surface area contributed by atoms with Crippen LogP contribution >= 0.6 is 11.3 Å². The lowest BCUT2D eigenvalue weighted by molar-refractivity contribution is -0.116. The molecule has 59 heavy (non-hydrogen) atoms. The first-order valence-corrected chi connectivity index (χ1v) is 20.0. The minimum absolute atomic E-state index is 0.113. The predicted molar refractivity (Wildman–Crippen MR) is 228 cm³/mol. The van der Waals surface area contributed by atoms with E-state index < -0.39 is 0 Å². The molecule has 0 spiro atoms. The number of ether oxygens (including phenoxy) is 2. The average molecular weight is 808 g/mol. The van der Waals surface area contributed by atoms with Crippen LogP contribution in [0.15, 0.2) is 108 Å². The molecule has 0 saturated heterocycles. The lowest BCUT2D eigenvalue weighted by atomic mass is 9.93. The highest BCUT2D eigenvalue weighted by atomic mass is 32.1. The van der Waals surface area contributed by atoms with Gasteiger partial charge in [0.2, 0.25) is 5.91 Å². The van der Waals surface area contributed by atoms with E-state index in [1.54, 1.807) is 54.3 Å². The lowest BCUT2D eigenvalue weighted by Gasteiger charge is -2.34. The fourth-order valence-electron chi connectivity index (χ4n) is 7.24. The summed E-state index contributed by atoms with van der Waals surface area (Å²) in [5, 5.41) is 8.64. The van der Waals surface area contributed by atoms with Gasteiger partial charge in [-0.2, -0.15) is 0 Å². The number of hydrogen-bond donors (Lipinski definition) is 3. The first-order valence-electron chi connectivity index (χ1n) is 19.1. The molecular weight excluding hydrogens is 767 g/mol. The molecule has 3 aromatic carbocycles. The number of methoxy groups -OCH3 is 1. The van der Waals surface area contributed by atoms with Crippen LogP contribution in [0.1, 0.15) is 66.1 Å². The molecule has 0 radical (unpaired) electrons. The summed E-state index contributed by atoms with van der Waals surface area (Å²) in [6.45, 7) is 2.70. The number of fused-ring (bicyclic) bond motifs is 4. The zero-order valence-electron chi connectivity index (χ0n) is 32.7. The zero-order valence-corrected chi connectivity index (χ0v) is 33.5. The molecule has 2 aliphatic rings. The second-order valence-electron chi connectivity index (χ2n) is 14.2. The maximum Gasteiger partial charge on any atom is 0.272 e. The van der Waals surface area contributed by atoms with E-state index in [9.17, 15) is 19.2 Å². The van der Waals surface area contributed by atoms with Crippen molar-refractivity contribution in [1.82, 2.24) is 14.5 Å². The van der Waals surface area contributed by atoms with E-state index in [4.69, 9.17) is 14.5 Å². The maximum atomic E-state index is 13.7. The summed E-state index contributed by atoms with van der Waals surface area (Å²) in [6.07, 6.45) is 6.39. The Morgan fingerprint density at radius 2 is 1.68 bits per heavy atom. The molecular formula is C45H41N7O6S. The van der Waals surface area contributed by atoms with Crippen molar-refractivity contribution in [2.24, 2.45) is 12.0 Å². The van der Waals surface area contributed by atoms with Gasteiger partial charge in [-0.05, 0) is 78.9 Å². The van der Waals surface area contributed by atoms with Crippen molar-refractivity contribution in [2.75, 3.05) is 36.2 Å². The van der Waals surface area contributed by atoms with Gasteiger partial charge in [-0.3, -0.25) is 29.2 Å². The standard InChI is InChI=1S/C45H41N7O6S/c1-27-20-40(59-42(27)44(55)49-29-11-5-4-6-12-29)34-16-15-30(24-46-34)50-43(54)36-21-31(26-51(36)2)48-41(53)14-9-19-58-39-23-35-33(22-38(39)57-3)45(56)52-18-17-28-10-7-8-13-32(28)37(52)25-47-35/h4-8,10-13,15-16,20-26,37H,9,14,17-19H2,1-3H3,(H,48,53)(H,49,55)(H,50,54)/t37-/m1/s1. The summed E-state index contributed by atoms with van der Waals surface area (Å²) in [7, 11) is 3.24. The van der Waals surface area contributed by atoms with Crippen LogP contribution in [0.4, 0.5) is 22.7 Å². The molecule has 1 atom stereocenters. The number of rotatable bonds is 12. The number of nitrogens with one attached hydrogen (secondary N) is 3. The van der Waals surface area contributed by atoms with Crippen molar-refractivity contribution < 1.29 is 28.7 Å². The topological polar surface area (TPSA) is 156 Å². The van der Waals surface area contributed by atoms with Crippen LogP contribution < -0.4 is 25.4 Å². The van der Waals surface area contributed by atoms with Crippen molar-refractivity contribution in [3.63, 3.8) is 0 Å². The monoisotopic (exact) mass is 807 g/mol. The SMILES string of the molecule is COc1cc2c(cc1OCCCC(=O)Nc1cc(C(=O)Nc3ccc(-c4cc(C)c(C(=O)Nc5ccccc5)s4)nc3)n(C)c1)N=C[C@@H]1c3ccccc3CCN1C2=O. The Bertz CT molecular complexity index is 2600. The van der Waals surface area contributed by atoms with Gasteiger partial charge in [0.1, 0.15) is 5.69 Å². The van der Waals surface area contributed by atoms with E-state index in [-0.39, 0.29) is 42.7 Å². The highest BCUT2D eigenvalue weighted by Gasteiger charge is 2.34. The van der Waals surface area contributed by atoms with E-state index in [0.717, 1.165) is 28.1 Å². The molecule has 4 amide bonds. The summed E-state index contributed by atoms with van der Waals surface area (Å²) in [4.78, 5) is 65.2. The lowest BCUT2D eigenvalue weighted by Crippen LogP contribution is -2.40. The van der Waals surface area contributed by atoms with Gasteiger partial charge in [0.05, 0.1) is 64.0 Å². The van der Waals surface area contributed by atoms with Gasteiger partial charge in [0.25, 0.3) is 17.7 Å². The van der Waals surface area contributed by atoms with E-state index in [1.807, 2.05) is 72.6 Å². The van der Waals surface area contributed by atoms with Gasteiger partial charge in [0.15, 0.2) is 11.5 Å². The minimum Gasteiger partial charge on any atom is -0.493 e. The number of thiophene rings is 1. The normalized spacial score (nSPS) is 14.1. The largest absolute Gasteiger partial charge is 0.493 e. The number of aromatic nitrogens is 2. The third-order valence-electron chi connectivity index (χ3n) is 10.2. The maximum absolute atomic E-state index is 13.7. The second kappa shape index (κ2) is 16.8. The fraction of sp³-hybridized carbons (Fsp3) is 0.200. The number of hydrogen-bond acceptors (Lipinski definition) is 9. The Labute approximate surface area is 344 Å². The van der Waals surface area contributed by atoms with Gasteiger partial charge in [0, 0.05) is 44.2 Å². The molecule has 0 unspecified atom stereocenters. The number of pyridine rings is 1. The third kappa shape index (κ3) is 8.34. The van der Waals surface area contributed by atoms with Gasteiger partial charge >= 0.3 is 0 Å². The van der Waals surface area contributed by atoms with E-state index in [2.05, 4.69) is 27.0 Å². The minimum atomic E-state index is -0.371. The number of carbonyl (C=O) groups excluding carboxylic acids is 4. The van der Waals surface area contributed by atoms with Gasteiger partial charge in [-0.25, -0.2) is 0 Å². The van der Waals surface area contributed by atoms with Crippen molar-refractivity contribution in [3.8, 4) is 22.1 Å². The molecule has 3 N–H and O–H groups in total. The number of carbonyl (C=O) groups is 4. The average Bonchev–Trinajstić information content (AvgIpc) is 3.78. The first-order chi connectivity index (χ1) is 28.6. The van der Waals surface area contributed by atoms with Crippen molar-refractivity contribution in [3.05, 3.63) is 136 Å². The molecule has 3 aromatic heterocycles. The van der Waals surface area contributed by atoms with Crippen LogP contribution in [0, 0.1) is 6.92 Å². The van der Waals surface area contributed by atoms with E-state index in [1.165, 1.54) is 24.0 Å². The van der Waals surface area contributed by atoms with Crippen LogP contribution in [-0.4, -0.2) is 64.6 Å². The second-order valence-corrected chi connectivity index (χ2v) is 15.3. The number of para-hydroxylation sites is 1. The molecule has 8 rings (SSSR count). The Balaban J connectivity index is 0.833. The van der Waals surface area contributed by atoms with E-state index in [0.29, 0.717) is 63.4 Å². The quantitative estimate of drug-likeness (QED) is 0.105. The van der Waals surface area contributed by atoms with Crippen molar-refractivity contribution in [2.45, 2.75) is 32.2 Å². The first kappa shape index (κ1) is 38.8. The molecule has 0 saturated carbocycles. The van der Waals surface area contributed by atoms with Gasteiger partial charge < -0.3 is 34.9 Å². The molecule has 0 bridgehead atoms. The smallest absolute Gasteiger partial charge is 0.272 e. The van der Waals surface area contributed by atoms with Crippen LogP contribution in [0.25, 0.3) is 10.6 Å². The molecule has 298 valence electrons. The number of nitrogens with zero attached hydrogens (tertiary/aromatic N) is 4. The highest BCUT2D eigenvalue weighted by molar-refractivity contribution is 7.17. The summed E-state index contributed by atoms with van der Waals surface area (Å²) >= 11 is 1.35. The Hall–Kier alpha value is -7.06. The Morgan fingerprint density at radius 1 is 0.881 bits per heavy atom. The van der Waals surface area contributed by atoms with Gasteiger partial charge in [-0.1, -0.05) is 42.5 Å². The van der Waals surface area contributed by atoms with Crippen LogP contribution in [0.5, 0.6) is 11.5 Å². The Kier molecular flexibility index (Phi) is 11.1. The number of anilines is 3. The molecule has 13 nitrogen and oxygen atoms in total. The number of benzene rings is 3. The summed E-state index contributed by atoms with van der Waals surface area (Å²) < 4.78 is 13.3. The number of aliphatic imine (C=N–C) groups is 1. The van der Waals surface area contributed by atoms with Crippen LogP contribution in [0.3, 0.4) is 0 Å². The summed E-state index contributed by atoms with van der Waals surface area (Å²) in [5.41, 5.74) is 6.79. The zero-order chi connectivity index (χ0) is 41.0. The Morgan fingerprint density at radius 3 is 2.47 bits per heavy atom. The highest BCUT2D eigenvalue weighted by Crippen LogP contribution is 2.40. The van der Waals surface area contributed by atoms with Crippen molar-refractivity contribution in [1.29, 1.82) is 0 Å². The van der Waals surface area contributed by atoms with E-state index >= 15 is 0 Å². The number of aryl methyl sites for hydroxylation is 2. The van der Waals surface area contributed by atoms with Crippen LogP contribution in [0.2, 0.25) is 0 Å². The molecule has 5 heterocycles. The predicted octanol–water partition coefficient (Wildman–Crippen LogP) is 8.22. The van der Waals surface area contributed by atoms with Crippen molar-refractivity contribution >= 4 is 63.9 Å². The number of amides is 4. The summed E-state index contributed by atoms with van der Waals surface area (Å²) in [5.74, 6) is -0.0669. The molecule has 0 aliphatic carbocycles. The third-order valence-corrected chi connectivity index (χ3v) is 11.5. The summed E-state index contributed by atoms with van der Waals surface area (Å²) in [6, 6.07) is 27.6. The molecule has 14 heteroatoms. The molecule has 0 fully saturated rings. The molecule has 2 aliphatic heterocycles. The van der Waals surface area contributed by atoms with Crippen LogP contribution in [-0.2, 0) is 18.3 Å².